The summed E-state index contributed by atoms with van der Waals surface area (Å²) in [6, 6.07) is 6.33. The Bertz CT molecular complexity index is 985. The van der Waals surface area contributed by atoms with Crippen LogP contribution >= 0.6 is 11.6 Å². The van der Waals surface area contributed by atoms with E-state index in [4.69, 9.17) is 21.1 Å². The van der Waals surface area contributed by atoms with Crippen LogP contribution in [0.2, 0.25) is 5.02 Å². The summed E-state index contributed by atoms with van der Waals surface area (Å²) in [4.78, 5) is 54.6. The molecule has 10 heteroatoms. The summed E-state index contributed by atoms with van der Waals surface area (Å²) < 4.78 is 10.7. The number of hydrogen-bond donors (Lipinski definition) is 1. The molecule has 1 aromatic rings. The largest absolute Gasteiger partial charge is 0.452 e. The lowest BCUT2D eigenvalue weighted by Crippen LogP contribution is -2.58. The summed E-state index contributed by atoms with van der Waals surface area (Å²) in [5.74, 6) is -1.28. The van der Waals surface area contributed by atoms with Crippen LogP contribution in [0.5, 0.6) is 0 Å². The van der Waals surface area contributed by atoms with Gasteiger partial charge in [-0.05, 0) is 57.7 Å². The number of benzene rings is 1. The van der Waals surface area contributed by atoms with E-state index in [0.29, 0.717) is 18.0 Å². The van der Waals surface area contributed by atoms with Crippen molar-refractivity contribution in [1.29, 1.82) is 0 Å². The van der Waals surface area contributed by atoms with E-state index in [1.54, 1.807) is 39.0 Å². The molecule has 1 aliphatic heterocycles. The van der Waals surface area contributed by atoms with Crippen LogP contribution in [-0.2, 0) is 30.4 Å². The maximum Gasteiger partial charge on any atom is 0.409 e. The third-order valence-corrected chi connectivity index (χ3v) is 5.99. The van der Waals surface area contributed by atoms with Crippen molar-refractivity contribution < 1.29 is 28.7 Å². The summed E-state index contributed by atoms with van der Waals surface area (Å²) in [5.41, 5.74) is -0.586. The Hall–Kier alpha value is -2.81. The number of nitrogens with zero attached hydrogens (tertiary/aromatic N) is 2. The first-order valence-corrected chi connectivity index (χ1v) is 12.9. The molecule has 1 heterocycles. The van der Waals surface area contributed by atoms with Gasteiger partial charge in [-0.3, -0.25) is 14.4 Å². The highest BCUT2D eigenvalue weighted by molar-refractivity contribution is 6.30. The van der Waals surface area contributed by atoms with Crippen LogP contribution < -0.4 is 5.32 Å². The first-order valence-electron chi connectivity index (χ1n) is 12.6. The first-order chi connectivity index (χ1) is 17.1. The van der Waals surface area contributed by atoms with Gasteiger partial charge in [-0.1, -0.05) is 44.5 Å². The number of amides is 3. The lowest BCUT2D eigenvalue weighted by atomic mass is 9.87. The van der Waals surface area contributed by atoms with Crippen molar-refractivity contribution in [2.24, 2.45) is 5.41 Å². The number of halogens is 1. The van der Waals surface area contributed by atoms with E-state index < -0.39 is 41.1 Å². The molecule has 0 aromatic heterocycles. The van der Waals surface area contributed by atoms with Gasteiger partial charge in [0.05, 0.1) is 6.67 Å². The zero-order chi connectivity index (χ0) is 28.0. The smallest absolute Gasteiger partial charge is 0.409 e. The van der Waals surface area contributed by atoms with E-state index in [1.165, 1.54) is 16.7 Å². The Morgan fingerprint density at radius 3 is 2.38 bits per heavy atom. The summed E-state index contributed by atoms with van der Waals surface area (Å²) in [7, 11) is 0. The SMILES string of the molecule is CC(=O)OC(C(=O)N1CCCCC1C(=O)N(CNC(=O)OC(C)(C)C)Cc1cccc(Cl)c1)C(C)(C)C. The molecule has 0 bridgehead atoms. The van der Waals surface area contributed by atoms with Crippen molar-refractivity contribution in [2.45, 2.75) is 92.0 Å². The van der Waals surface area contributed by atoms with Gasteiger partial charge >= 0.3 is 12.1 Å². The molecule has 0 spiro atoms. The fourth-order valence-electron chi connectivity index (χ4n) is 4.12. The average molecular weight is 538 g/mol. The second kappa shape index (κ2) is 12.6. The van der Waals surface area contributed by atoms with Gasteiger partial charge in [-0.15, -0.1) is 0 Å². The van der Waals surface area contributed by atoms with Gasteiger partial charge in [0, 0.05) is 30.5 Å². The maximum absolute atomic E-state index is 13.9. The van der Waals surface area contributed by atoms with Crippen LogP contribution in [0.25, 0.3) is 0 Å². The topological polar surface area (TPSA) is 105 Å². The van der Waals surface area contributed by atoms with E-state index in [0.717, 1.165) is 18.4 Å². The maximum atomic E-state index is 13.9. The van der Waals surface area contributed by atoms with Gasteiger partial charge in [0.25, 0.3) is 5.91 Å². The number of hydrogen-bond acceptors (Lipinski definition) is 6. The van der Waals surface area contributed by atoms with Gasteiger partial charge in [0.1, 0.15) is 11.6 Å². The molecule has 9 nitrogen and oxygen atoms in total. The molecule has 0 radical (unpaired) electrons. The zero-order valence-corrected chi connectivity index (χ0v) is 23.7. The van der Waals surface area contributed by atoms with E-state index in [1.807, 2.05) is 26.8 Å². The molecule has 3 amide bonds. The van der Waals surface area contributed by atoms with Crippen LogP contribution in [0.4, 0.5) is 4.79 Å². The Labute approximate surface area is 224 Å². The Morgan fingerprint density at radius 1 is 1.14 bits per heavy atom. The number of carbonyl (C=O) groups is 4. The molecule has 0 aliphatic carbocycles. The van der Waals surface area contributed by atoms with Crippen LogP contribution in [0.1, 0.15) is 73.3 Å². The normalized spacial score (nSPS) is 17.0. The highest BCUT2D eigenvalue weighted by Crippen LogP contribution is 2.28. The molecule has 37 heavy (non-hydrogen) atoms. The van der Waals surface area contributed by atoms with Crippen molar-refractivity contribution >= 4 is 35.5 Å². The predicted octanol–water partition coefficient (Wildman–Crippen LogP) is 4.51. The minimum Gasteiger partial charge on any atom is -0.452 e. The number of likely N-dealkylation sites (tertiary alicyclic amines) is 1. The van der Waals surface area contributed by atoms with Crippen molar-refractivity contribution in [2.75, 3.05) is 13.2 Å². The second-order valence-electron chi connectivity index (χ2n) is 11.4. The van der Waals surface area contributed by atoms with Gasteiger partial charge in [-0.2, -0.15) is 0 Å². The monoisotopic (exact) mass is 537 g/mol. The van der Waals surface area contributed by atoms with Crippen LogP contribution in [0.15, 0.2) is 24.3 Å². The fraction of sp³-hybridized carbons (Fsp3) is 0.630. The summed E-state index contributed by atoms with van der Waals surface area (Å²) in [6.45, 7) is 12.4. The van der Waals surface area contributed by atoms with Gasteiger partial charge in [0.2, 0.25) is 5.91 Å². The molecule has 1 aromatic carbocycles. The molecule has 2 unspecified atom stereocenters. The summed E-state index contributed by atoms with van der Waals surface area (Å²) in [6.07, 6.45) is 0.269. The summed E-state index contributed by atoms with van der Waals surface area (Å²) >= 11 is 6.15. The molecule has 1 fully saturated rings. The average Bonchev–Trinajstić information content (AvgIpc) is 2.77. The lowest BCUT2D eigenvalue weighted by molar-refractivity contribution is -0.170. The highest BCUT2D eigenvalue weighted by atomic mass is 35.5. The zero-order valence-electron chi connectivity index (χ0n) is 22.9. The van der Waals surface area contributed by atoms with Gasteiger partial charge < -0.3 is 24.6 Å². The van der Waals surface area contributed by atoms with E-state index in [-0.39, 0.29) is 19.1 Å². The number of esters is 1. The van der Waals surface area contributed by atoms with Crippen LogP contribution in [-0.4, -0.2) is 64.6 Å². The van der Waals surface area contributed by atoms with Gasteiger partial charge in [0.15, 0.2) is 6.10 Å². The molecular formula is C27H40ClN3O6. The van der Waals surface area contributed by atoms with E-state index in [2.05, 4.69) is 5.32 Å². The molecule has 1 saturated heterocycles. The van der Waals surface area contributed by atoms with Crippen LogP contribution in [0, 0.1) is 5.41 Å². The Balaban J connectivity index is 2.32. The van der Waals surface area contributed by atoms with Crippen molar-refractivity contribution in [1.82, 2.24) is 15.1 Å². The predicted molar refractivity (Wildman–Crippen MR) is 141 cm³/mol. The van der Waals surface area contributed by atoms with E-state index >= 15 is 0 Å². The molecule has 2 rings (SSSR count). The van der Waals surface area contributed by atoms with Crippen molar-refractivity contribution in [3.8, 4) is 0 Å². The highest BCUT2D eigenvalue weighted by Gasteiger charge is 2.43. The molecule has 2 atom stereocenters. The number of carbonyl (C=O) groups excluding carboxylic acids is 4. The van der Waals surface area contributed by atoms with Crippen LogP contribution in [0.3, 0.4) is 0 Å². The fourth-order valence-corrected chi connectivity index (χ4v) is 4.33. The second-order valence-corrected chi connectivity index (χ2v) is 11.8. The van der Waals surface area contributed by atoms with Crippen molar-refractivity contribution in [3.05, 3.63) is 34.9 Å². The number of alkyl carbamates (subject to hydrolysis) is 1. The molecule has 206 valence electrons. The van der Waals surface area contributed by atoms with E-state index in [9.17, 15) is 19.2 Å². The summed E-state index contributed by atoms with van der Waals surface area (Å²) in [5, 5.41) is 3.17. The Kier molecular flexibility index (Phi) is 10.4. The number of nitrogens with one attached hydrogen (secondary N) is 1. The third kappa shape index (κ3) is 9.54. The Morgan fingerprint density at radius 2 is 1.81 bits per heavy atom. The molecule has 1 N–H and O–H groups in total. The lowest BCUT2D eigenvalue weighted by Gasteiger charge is -2.41. The molecule has 1 aliphatic rings. The minimum atomic E-state index is -1.03. The molecular weight excluding hydrogens is 498 g/mol. The number of ether oxygens (including phenoxy) is 2. The van der Waals surface area contributed by atoms with Gasteiger partial charge in [-0.25, -0.2) is 4.79 Å². The number of piperidine rings is 1. The number of rotatable bonds is 7. The third-order valence-electron chi connectivity index (χ3n) is 5.75. The first kappa shape index (κ1) is 30.4. The quantitative estimate of drug-likeness (QED) is 0.405. The standard InChI is InChI=1S/C27H40ClN3O6/c1-18(32)36-22(26(2,3)4)24(34)31-14-9-8-13-21(31)23(33)30(16-19-11-10-12-20(28)15-19)17-29-25(35)37-27(5,6)7/h10-12,15,21-22H,8-9,13-14,16-17H2,1-7H3,(H,29,35). The molecule has 0 saturated carbocycles. The minimum absolute atomic E-state index is 0.120. The van der Waals surface area contributed by atoms with Crippen molar-refractivity contribution in [3.63, 3.8) is 0 Å².